The minimum absolute atomic E-state index is 0.000765. The van der Waals surface area contributed by atoms with Crippen LogP contribution in [-0.2, 0) is 9.63 Å². The van der Waals surface area contributed by atoms with E-state index >= 15 is 0 Å². The highest BCUT2D eigenvalue weighted by Gasteiger charge is 2.52. The van der Waals surface area contributed by atoms with Gasteiger partial charge in [0.15, 0.2) is 0 Å². The molecule has 5 nitrogen and oxygen atoms in total. The molecule has 2 aliphatic heterocycles. The molecule has 0 unspecified atom stereocenters. The fourth-order valence-electron chi connectivity index (χ4n) is 4.79. The monoisotopic (exact) mass is 342 g/mol. The molecule has 0 aromatic heterocycles. The molecule has 1 aromatic carbocycles. The molecule has 134 valence electrons. The largest absolute Gasteiger partial charge is 0.338 e. The first-order valence-corrected chi connectivity index (χ1v) is 9.48. The third kappa shape index (κ3) is 3.06. The Bertz CT molecular complexity index is 642. The van der Waals surface area contributed by atoms with Gasteiger partial charge in [0.25, 0.3) is 5.91 Å². The number of carbonyl (C=O) groups excluding carboxylic acids is 2. The summed E-state index contributed by atoms with van der Waals surface area (Å²) in [5, 5.41) is 1.60. The molecule has 0 bridgehead atoms. The Morgan fingerprint density at radius 3 is 2.64 bits per heavy atom. The second-order valence-corrected chi connectivity index (χ2v) is 7.63. The molecule has 2 saturated heterocycles. The van der Waals surface area contributed by atoms with Crippen molar-refractivity contribution < 1.29 is 14.4 Å². The van der Waals surface area contributed by atoms with E-state index in [0.717, 1.165) is 50.6 Å². The Balaban J connectivity index is 1.48. The van der Waals surface area contributed by atoms with E-state index in [1.807, 2.05) is 35.2 Å². The molecule has 1 aliphatic carbocycles. The number of rotatable bonds is 2. The van der Waals surface area contributed by atoms with Crippen molar-refractivity contribution >= 4 is 11.8 Å². The summed E-state index contributed by atoms with van der Waals surface area (Å²) in [6, 6.07) is 9.45. The zero-order chi connectivity index (χ0) is 17.3. The van der Waals surface area contributed by atoms with Crippen LogP contribution in [0.3, 0.4) is 0 Å². The summed E-state index contributed by atoms with van der Waals surface area (Å²) in [7, 11) is 0. The number of nitrogens with zero attached hydrogens (tertiary/aromatic N) is 2. The highest BCUT2D eigenvalue weighted by atomic mass is 16.7. The second-order valence-electron chi connectivity index (χ2n) is 7.63. The fraction of sp³-hybridized carbons (Fsp3) is 0.600. The van der Waals surface area contributed by atoms with Crippen LogP contribution in [0.4, 0.5) is 0 Å². The normalized spacial score (nSPS) is 29.4. The molecule has 25 heavy (non-hydrogen) atoms. The molecule has 1 spiro atoms. The van der Waals surface area contributed by atoms with Gasteiger partial charge in [-0.05, 0) is 44.2 Å². The van der Waals surface area contributed by atoms with Crippen molar-refractivity contribution in [1.29, 1.82) is 0 Å². The van der Waals surface area contributed by atoms with Gasteiger partial charge in [-0.25, -0.2) is 5.06 Å². The van der Waals surface area contributed by atoms with Gasteiger partial charge in [-0.15, -0.1) is 0 Å². The first kappa shape index (κ1) is 16.6. The lowest BCUT2D eigenvalue weighted by Crippen LogP contribution is -2.45. The van der Waals surface area contributed by atoms with Gasteiger partial charge in [0, 0.05) is 36.5 Å². The van der Waals surface area contributed by atoms with Gasteiger partial charge in [-0.1, -0.05) is 24.6 Å². The molecule has 4 rings (SSSR count). The minimum Gasteiger partial charge on any atom is -0.338 e. The van der Waals surface area contributed by atoms with Crippen LogP contribution in [0.1, 0.15) is 48.9 Å². The van der Waals surface area contributed by atoms with Crippen LogP contribution in [0.15, 0.2) is 30.3 Å². The Kier molecular flexibility index (Phi) is 4.50. The van der Waals surface area contributed by atoms with Crippen molar-refractivity contribution in [3.05, 3.63) is 35.9 Å². The number of carbonyl (C=O) groups is 2. The Morgan fingerprint density at radius 2 is 1.88 bits per heavy atom. The van der Waals surface area contributed by atoms with Crippen LogP contribution in [0.5, 0.6) is 0 Å². The number of hydroxylamine groups is 2. The molecule has 1 aromatic rings. The van der Waals surface area contributed by atoms with E-state index in [9.17, 15) is 9.59 Å². The number of likely N-dealkylation sites (tertiary alicyclic amines) is 1. The lowest BCUT2D eigenvalue weighted by Gasteiger charge is -2.35. The smallest absolute Gasteiger partial charge is 0.253 e. The van der Waals surface area contributed by atoms with Gasteiger partial charge < -0.3 is 4.90 Å². The molecule has 3 fully saturated rings. The molecular formula is C20H26N2O3. The van der Waals surface area contributed by atoms with E-state index in [0.29, 0.717) is 19.7 Å². The fourth-order valence-corrected chi connectivity index (χ4v) is 4.79. The average Bonchev–Trinajstić information content (AvgIpc) is 3.29. The highest BCUT2D eigenvalue weighted by Crippen LogP contribution is 2.50. The Hall–Kier alpha value is -1.88. The quantitative estimate of drug-likeness (QED) is 0.830. The SMILES string of the molecule is O=C(c1ccccc1)N1CC[C@]2(CCC[C@H]2C(=O)N2CCCCO2)C1. The predicted octanol–water partition coefficient (Wildman–Crippen LogP) is 2.87. The lowest BCUT2D eigenvalue weighted by molar-refractivity contribution is -0.204. The van der Waals surface area contributed by atoms with Crippen LogP contribution in [-0.4, -0.2) is 48.0 Å². The summed E-state index contributed by atoms with van der Waals surface area (Å²) in [6.07, 6.45) is 6.00. The van der Waals surface area contributed by atoms with Crippen LogP contribution < -0.4 is 0 Å². The molecule has 2 atom stereocenters. The Morgan fingerprint density at radius 1 is 1.04 bits per heavy atom. The topological polar surface area (TPSA) is 49.9 Å². The molecule has 5 heteroatoms. The summed E-state index contributed by atoms with van der Waals surface area (Å²) in [4.78, 5) is 33.3. The maximum Gasteiger partial charge on any atom is 0.253 e. The van der Waals surface area contributed by atoms with Crippen LogP contribution in [0, 0.1) is 11.3 Å². The number of benzene rings is 1. The average molecular weight is 342 g/mol. The van der Waals surface area contributed by atoms with Crippen molar-refractivity contribution in [2.45, 2.75) is 38.5 Å². The van der Waals surface area contributed by atoms with E-state index in [4.69, 9.17) is 4.84 Å². The third-order valence-electron chi connectivity index (χ3n) is 6.15. The van der Waals surface area contributed by atoms with E-state index in [1.54, 1.807) is 5.06 Å². The van der Waals surface area contributed by atoms with Gasteiger partial charge in [-0.3, -0.25) is 14.4 Å². The van der Waals surface area contributed by atoms with Gasteiger partial charge in [0.1, 0.15) is 0 Å². The second kappa shape index (κ2) is 6.79. The zero-order valence-electron chi connectivity index (χ0n) is 14.7. The van der Waals surface area contributed by atoms with E-state index in [2.05, 4.69) is 0 Å². The molecule has 2 heterocycles. The van der Waals surface area contributed by atoms with Gasteiger partial charge in [0.2, 0.25) is 5.91 Å². The summed E-state index contributed by atoms with van der Waals surface area (Å²) in [6.45, 7) is 2.80. The zero-order valence-corrected chi connectivity index (χ0v) is 14.7. The molecule has 0 N–H and O–H groups in total. The third-order valence-corrected chi connectivity index (χ3v) is 6.15. The van der Waals surface area contributed by atoms with Crippen molar-refractivity contribution in [3.8, 4) is 0 Å². The summed E-state index contributed by atoms with van der Waals surface area (Å²) < 4.78 is 0. The summed E-state index contributed by atoms with van der Waals surface area (Å²) >= 11 is 0. The van der Waals surface area contributed by atoms with Crippen LogP contribution in [0.2, 0.25) is 0 Å². The van der Waals surface area contributed by atoms with Crippen molar-refractivity contribution in [1.82, 2.24) is 9.96 Å². The highest BCUT2D eigenvalue weighted by molar-refractivity contribution is 5.94. The van der Waals surface area contributed by atoms with E-state index in [1.165, 1.54) is 0 Å². The Labute approximate surface area is 148 Å². The first-order valence-electron chi connectivity index (χ1n) is 9.48. The van der Waals surface area contributed by atoms with E-state index < -0.39 is 0 Å². The van der Waals surface area contributed by atoms with Crippen molar-refractivity contribution in [2.75, 3.05) is 26.2 Å². The van der Waals surface area contributed by atoms with Crippen LogP contribution in [0.25, 0.3) is 0 Å². The predicted molar refractivity (Wildman–Crippen MR) is 93.6 cm³/mol. The maximum absolute atomic E-state index is 13.0. The lowest BCUT2D eigenvalue weighted by atomic mass is 9.76. The molecular weight excluding hydrogens is 316 g/mol. The standard InChI is InChI=1S/C20H26N2O3/c23-18(16-7-2-1-3-8-16)21-13-11-20(15-21)10-6-9-17(20)19(24)22-12-4-5-14-25-22/h1-3,7-8,17H,4-6,9-15H2/t17-,20+/m0/s1. The van der Waals surface area contributed by atoms with E-state index in [-0.39, 0.29) is 23.1 Å². The maximum atomic E-state index is 13.0. The molecule has 2 amide bonds. The molecule has 1 saturated carbocycles. The number of amides is 2. The summed E-state index contributed by atoms with van der Waals surface area (Å²) in [5.74, 6) is 0.232. The van der Waals surface area contributed by atoms with Crippen molar-refractivity contribution in [2.24, 2.45) is 11.3 Å². The number of hydrogen-bond donors (Lipinski definition) is 0. The minimum atomic E-state index is -0.0532. The number of hydrogen-bond acceptors (Lipinski definition) is 3. The van der Waals surface area contributed by atoms with Gasteiger partial charge in [0.05, 0.1) is 6.61 Å². The summed E-state index contributed by atoms with van der Waals surface area (Å²) in [5.41, 5.74) is 0.683. The first-order chi connectivity index (χ1) is 12.2. The van der Waals surface area contributed by atoms with Crippen LogP contribution >= 0.6 is 0 Å². The molecule has 3 aliphatic rings. The van der Waals surface area contributed by atoms with Gasteiger partial charge in [-0.2, -0.15) is 0 Å². The van der Waals surface area contributed by atoms with Crippen molar-refractivity contribution in [3.63, 3.8) is 0 Å². The van der Waals surface area contributed by atoms with Gasteiger partial charge >= 0.3 is 0 Å². The molecule has 0 radical (unpaired) electrons.